The van der Waals surface area contributed by atoms with Crippen molar-refractivity contribution in [3.63, 3.8) is 0 Å². The van der Waals surface area contributed by atoms with Gasteiger partial charge in [-0.3, -0.25) is 9.59 Å². The third-order valence-corrected chi connectivity index (χ3v) is 6.35. The van der Waals surface area contributed by atoms with Gasteiger partial charge in [-0.15, -0.1) is 0 Å². The van der Waals surface area contributed by atoms with Crippen LogP contribution in [0.1, 0.15) is 19.4 Å². The van der Waals surface area contributed by atoms with Crippen LogP contribution in [0, 0.1) is 0 Å². The largest absolute Gasteiger partial charge is 0.493 e. The van der Waals surface area contributed by atoms with Crippen molar-refractivity contribution in [1.82, 2.24) is 5.32 Å². The van der Waals surface area contributed by atoms with Gasteiger partial charge >= 0.3 is 0 Å². The molecule has 0 aliphatic carbocycles. The number of benzene rings is 2. The van der Waals surface area contributed by atoms with Crippen molar-refractivity contribution < 1.29 is 19.1 Å². The van der Waals surface area contributed by atoms with E-state index in [1.807, 2.05) is 49.4 Å². The molecule has 0 aromatic heterocycles. The summed E-state index contributed by atoms with van der Waals surface area (Å²) in [5.74, 6) is 0.847. The fraction of sp³-hybridized carbons (Fsp3) is 0.364. The Labute approximate surface area is 175 Å². The molecule has 7 heteroatoms. The van der Waals surface area contributed by atoms with E-state index in [1.165, 1.54) is 11.8 Å². The fourth-order valence-electron chi connectivity index (χ4n) is 3.38. The highest BCUT2D eigenvalue weighted by molar-refractivity contribution is 8.02. The van der Waals surface area contributed by atoms with E-state index in [9.17, 15) is 9.59 Å². The molecule has 1 N–H and O–H groups in total. The lowest BCUT2D eigenvalue weighted by Crippen LogP contribution is -2.56. The first-order valence-electron chi connectivity index (χ1n) is 9.53. The van der Waals surface area contributed by atoms with Gasteiger partial charge in [0.15, 0.2) is 16.2 Å². The molecule has 2 aromatic rings. The van der Waals surface area contributed by atoms with Gasteiger partial charge in [0.05, 0.1) is 19.9 Å². The van der Waals surface area contributed by atoms with E-state index >= 15 is 0 Å². The molecule has 29 heavy (non-hydrogen) atoms. The van der Waals surface area contributed by atoms with Crippen LogP contribution in [-0.2, 0) is 16.0 Å². The van der Waals surface area contributed by atoms with Crippen LogP contribution in [0.4, 0.5) is 5.69 Å². The minimum atomic E-state index is -1.19. The normalized spacial score (nSPS) is 18.2. The van der Waals surface area contributed by atoms with Crippen LogP contribution < -0.4 is 19.7 Å². The van der Waals surface area contributed by atoms with E-state index in [1.54, 1.807) is 26.0 Å². The summed E-state index contributed by atoms with van der Waals surface area (Å²) < 4.78 is 9.38. The maximum absolute atomic E-state index is 13.1. The minimum absolute atomic E-state index is 0.188. The fourth-order valence-corrected chi connectivity index (χ4v) is 4.61. The van der Waals surface area contributed by atoms with E-state index in [-0.39, 0.29) is 11.8 Å². The summed E-state index contributed by atoms with van der Waals surface area (Å²) in [5, 5.41) is 2.93. The molecule has 1 aliphatic rings. The maximum Gasteiger partial charge on any atom is 0.252 e. The number of thioether (sulfide) groups is 1. The minimum Gasteiger partial charge on any atom is -0.493 e. The Morgan fingerprint density at radius 1 is 1.14 bits per heavy atom. The topological polar surface area (TPSA) is 67.9 Å². The zero-order valence-corrected chi connectivity index (χ0v) is 18.0. The molecule has 0 bridgehead atoms. The van der Waals surface area contributed by atoms with E-state index in [4.69, 9.17) is 9.47 Å². The van der Waals surface area contributed by atoms with E-state index in [0.717, 1.165) is 16.1 Å². The van der Waals surface area contributed by atoms with Crippen molar-refractivity contribution in [3.8, 4) is 11.5 Å². The summed E-state index contributed by atoms with van der Waals surface area (Å²) in [6.07, 6.45) is 0.620. The van der Waals surface area contributed by atoms with Crippen molar-refractivity contribution in [2.75, 3.05) is 32.2 Å². The second-order valence-electron chi connectivity index (χ2n) is 6.85. The molecule has 1 heterocycles. The smallest absolute Gasteiger partial charge is 0.252 e. The summed E-state index contributed by atoms with van der Waals surface area (Å²) in [6, 6.07) is 13.4. The molecule has 154 valence electrons. The van der Waals surface area contributed by atoms with Gasteiger partial charge in [-0.1, -0.05) is 30.0 Å². The molecule has 2 aromatic carbocycles. The number of methoxy groups -OCH3 is 2. The monoisotopic (exact) mass is 414 g/mol. The second-order valence-corrected chi connectivity index (χ2v) is 8.31. The van der Waals surface area contributed by atoms with E-state index < -0.39 is 4.75 Å². The molecule has 0 fully saturated rings. The Hall–Kier alpha value is -2.67. The third-order valence-electron chi connectivity index (χ3n) is 5.02. The lowest BCUT2D eigenvalue weighted by Gasteiger charge is -2.38. The van der Waals surface area contributed by atoms with Gasteiger partial charge in [-0.25, -0.2) is 0 Å². The van der Waals surface area contributed by atoms with Crippen molar-refractivity contribution >= 4 is 29.3 Å². The molecule has 0 saturated carbocycles. The number of nitrogens with one attached hydrogen (secondary N) is 1. The molecule has 0 saturated heterocycles. The average molecular weight is 415 g/mol. The van der Waals surface area contributed by atoms with Crippen LogP contribution in [0.15, 0.2) is 47.4 Å². The molecule has 2 amide bonds. The third kappa shape index (κ3) is 4.05. The molecule has 6 nitrogen and oxygen atoms in total. The number of amides is 2. The van der Waals surface area contributed by atoms with Gasteiger partial charge < -0.3 is 19.7 Å². The highest BCUT2D eigenvalue weighted by Gasteiger charge is 2.48. The van der Waals surface area contributed by atoms with Crippen LogP contribution >= 0.6 is 11.8 Å². The first-order chi connectivity index (χ1) is 13.9. The van der Waals surface area contributed by atoms with Crippen molar-refractivity contribution in [2.45, 2.75) is 29.9 Å². The number of fused-ring (bicyclic) bond motifs is 1. The Morgan fingerprint density at radius 2 is 1.86 bits per heavy atom. The summed E-state index contributed by atoms with van der Waals surface area (Å²) in [7, 11) is 3.18. The van der Waals surface area contributed by atoms with E-state index in [2.05, 4.69) is 5.32 Å². The van der Waals surface area contributed by atoms with Gasteiger partial charge in [0.1, 0.15) is 0 Å². The molecule has 1 atom stereocenters. The number of anilines is 1. The molecular weight excluding hydrogens is 388 g/mol. The van der Waals surface area contributed by atoms with Crippen LogP contribution in [0.5, 0.6) is 11.5 Å². The number of rotatable bonds is 7. The predicted molar refractivity (Wildman–Crippen MR) is 115 cm³/mol. The summed E-state index contributed by atoms with van der Waals surface area (Å²) in [5.41, 5.74) is 1.87. The van der Waals surface area contributed by atoms with Gasteiger partial charge in [-0.2, -0.15) is 0 Å². The second kappa shape index (κ2) is 8.78. The molecule has 1 unspecified atom stereocenters. The number of ether oxygens (including phenoxy) is 2. The lowest BCUT2D eigenvalue weighted by atomic mass is 10.1. The van der Waals surface area contributed by atoms with Gasteiger partial charge in [0.25, 0.3) is 5.91 Å². The molecule has 0 radical (unpaired) electrons. The zero-order chi connectivity index (χ0) is 21.0. The highest BCUT2D eigenvalue weighted by Crippen LogP contribution is 2.45. The Kier molecular flexibility index (Phi) is 6.37. The van der Waals surface area contributed by atoms with Gasteiger partial charge in [-0.05, 0) is 50.1 Å². The van der Waals surface area contributed by atoms with Gasteiger partial charge in [0, 0.05) is 18.0 Å². The molecule has 3 rings (SSSR count). The Balaban J connectivity index is 1.70. The lowest BCUT2D eigenvalue weighted by molar-refractivity contribution is -0.131. The average Bonchev–Trinajstić information content (AvgIpc) is 2.74. The number of carbonyl (C=O) groups is 2. The van der Waals surface area contributed by atoms with Crippen LogP contribution in [0.25, 0.3) is 0 Å². The predicted octanol–water partition coefficient (Wildman–Crippen LogP) is 3.28. The van der Waals surface area contributed by atoms with Gasteiger partial charge in [0.2, 0.25) is 5.91 Å². The molecular formula is C22H26N2O4S. The van der Waals surface area contributed by atoms with Crippen molar-refractivity contribution in [3.05, 3.63) is 48.0 Å². The quantitative estimate of drug-likeness (QED) is 0.705. The highest BCUT2D eigenvalue weighted by atomic mass is 32.2. The number of para-hydroxylation sites is 1. The Bertz CT molecular complexity index is 917. The van der Waals surface area contributed by atoms with Crippen LogP contribution in [-0.4, -0.2) is 43.9 Å². The van der Waals surface area contributed by atoms with E-state index in [0.29, 0.717) is 31.0 Å². The van der Waals surface area contributed by atoms with Crippen LogP contribution in [0.2, 0.25) is 0 Å². The SMILES string of the molecule is CCN1C(=O)C(C)(C(=O)NCCc2ccc(OC)c(OC)c2)Sc2ccccc21. The summed E-state index contributed by atoms with van der Waals surface area (Å²) in [6.45, 7) is 4.56. The maximum atomic E-state index is 13.1. The number of hydrogen-bond acceptors (Lipinski definition) is 5. The first-order valence-corrected chi connectivity index (χ1v) is 10.4. The van der Waals surface area contributed by atoms with Crippen molar-refractivity contribution in [1.29, 1.82) is 0 Å². The van der Waals surface area contributed by atoms with Crippen molar-refractivity contribution in [2.24, 2.45) is 0 Å². The zero-order valence-electron chi connectivity index (χ0n) is 17.2. The number of nitrogens with zero attached hydrogens (tertiary/aromatic N) is 1. The Morgan fingerprint density at radius 3 is 2.55 bits per heavy atom. The van der Waals surface area contributed by atoms with Crippen LogP contribution in [0.3, 0.4) is 0 Å². The molecule has 0 spiro atoms. The summed E-state index contributed by atoms with van der Waals surface area (Å²) in [4.78, 5) is 28.7. The summed E-state index contributed by atoms with van der Waals surface area (Å²) >= 11 is 1.31. The standard InChI is InChI=1S/C22H26N2O4S/c1-5-24-16-8-6-7-9-19(16)29-22(2,21(24)26)20(25)23-13-12-15-10-11-17(27-3)18(14-15)28-4/h6-11,14H,5,12-13H2,1-4H3,(H,23,25). The number of carbonyl (C=O) groups excluding carboxylic acids is 2. The first kappa shape index (κ1) is 21.0. The molecule has 1 aliphatic heterocycles. The number of hydrogen-bond donors (Lipinski definition) is 1.